The van der Waals surface area contributed by atoms with E-state index in [0.717, 1.165) is 0 Å². The average Bonchev–Trinajstić information content (AvgIpc) is 2.91. The Balaban J connectivity index is 2.11. The topological polar surface area (TPSA) is 90.0 Å². The molecule has 1 aliphatic rings. The molecule has 1 atom stereocenters. The van der Waals surface area contributed by atoms with Gasteiger partial charge in [-0.1, -0.05) is 11.8 Å². The Bertz CT molecular complexity index is 831. The van der Waals surface area contributed by atoms with Gasteiger partial charge in [0.05, 0.1) is 18.3 Å². The van der Waals surface area contributed by atoms with E-state index in [1.54, 1.807) is 12.1 Å². The second kappa shape index (κ2) is 5.58. The smallest absolute Gasteiger partial charge is 0.251 e. The van der Waals surface area contributed by atoms with Crippen LogP contribution in [0.4, 0.5) is 4.39 Å². The Labute approximate surface area is 125 Å². The van der Waals surface area contributed by atoms with Crippen molar-refractivity contribution in [2.45, 2.75) is 18.9 Å². The van der Waals surface area contributed by atoms with Gasteiger partial charge in [-0.25, -0.2) is 9.07 Å². The zero-order valence-corrected chi connectivity index (χ0v) is 11.6. The van der Waals surface area contributed by atoms with Crippen LogP contribution in [0.3, 0.4) is 0 Å². The third-order valence-electron chi connectivity index (χ3n) is 3.53. The summed E-state index contributed by atoms with van der Waals surface area (Å²) in [5.41, 5.74) is 5.71. The monoisotopic (exact) mass is 300 g/mol. The quantitative estimate of drug-likeness (QED) is 0.591. The summed E-state index contributed by atoms with van der Waals surface area (Å²) in [6, 6.07) is 2.54. The van der Waals surface area contributed by atoms with Gasteiger partial charge in [0.2, 0.25) is 5.91 Å². The second-order valence-corrected chi connectivity index (χ2v) is 4.93. The largest absolute Gasteiger partial charge is 0.320 e. The van der Waals surface area contributed by atoms with Crippen LogP contribution in [0.15, 0.2) is 18.3 Å². The van der Waals surface area contributed by atoms with Gasteiger partial charge < -0.3 is 5.73 Å². The number of rotatable bonds is 1. The predicted octanol–water partition coefficient (Wildman–Crippen LogP) is 0.463. The van der Waals surface area contributed by atoms with Crippen molar-refractivity contribution in [2.75, 3.05) is 6.54 Å². The Morgan fingerprint density at radius 2 is 2.27 bits per heavy atom. The van der Waals surface area contributed by atoms with E-state index in [1.807, 2.05) is 0 Å². The first-order chi connectivity index (χ1) is 10.6. The standard InChI is InChI=1S/C15H13FN4O2/c16-13-9(2-1-7-17)3-4-10-8-18-20(14(10)13)11-5-6-12(21)19-15(11)22/h3-4,8,11H,5-7,17H2,(H,19,21,22). The Kier molecular flexibility index (Phi) is 3.61. The van der Waals surface area contributed by atoms with Crippen LogP contribution in [0.5, 0.6) is 0 Å². The molecule has 2 aromatic rings. The number of halogens is 1. The number of aromatic nitrogens is 2. The van der Waals surface area contributed by atoms with Crippen molar-refractivity contribution < 1.29 is 14.0 Å². The van der Waals surface area contributed by atoms with Crippen molar-refractivity contribution in [3.63, 3.8) is 0 Å². The Hall–Kier alpha value is -2.72. The first-order valence-electron chi connectivity index (χ1n) is 6.80. The van der Waals surface area contributed by atoms with Crippen LogP contribution in [0.25, 0.3) is 10.9 Å². The number of fused-ring (bicyclic) bond motifs is 1. The number of nitrogens with two attached hydrogens (primary N) is 1. The summed E-state index contributed by atoms with van der Waals surface area (Å²) in [5, 5.41) is 6.92. The molecular weight excluding hydrogens is 287 g/mol. The highest BCUT2D eigenvalue weighted by Gasteiger charge is 2.30. The van der Waals surface area contributed by atoms with Gasteiger partial charge in [-0.3, -0.25) is 14.9 Å². The van der Waals surface area contributed by atoms with Crippen molar-refractivity contribution in [1.29, 1.82) is 0 Å². The highest BCUT2D eigenvalue weighted by atomic mass is 19.1. The predicted molar refractivity (Wildman–Crippen MR) is 77.0 cm³/mol. The minimum atomic E-state index is -0.706. The highest BCUT2D eigenvalue weighted by Crippen LogP contribution is 2.27. The van der Waals surface area contributed by atoms with E-state index in [0.29, 0.717) is 11.8 Å². The van der Waals surface area contributed by atoms with E-state index >= 15 is 0 Å². The summed E-state index contributed by atoms with van der Waals surface area (Å²) in [5.74, 6) is 3.92. The molecule has 1 unspecified atom stereocenters. The lowest BCUT2D eigenvalue weighted by atomic mass is 10.1. The van der Waals surface area contributed by atoms with Gasteiger partial charge in [0.25, 0.3) is 5.91 Å². The van der Waals surface area contributed by atoms with E-state index in [4.69, 9.17) is 5.73 Å². The maximum atomic E-state index is 14.6. The zero-order chi connectivity index (χ0) is 15.7. The minimum Gasteiger partial charge on any atom is -0.320 e. The third-order valence-corrected chi connectivity index (χ3v) is 3.53. The molecule has 2 heterocycles. The molecule has 1 aliphatic heterocycles. The minimum absolute atomic E-state index is 0.129. The SMILES string of the molecule is NCC#Cc1ccc2cnn(C3CCC(=O)NC3=O)c2c1F. The molecule has 1 fully saturated rings. The first-order valence-corrected chi connectivity index (χ1v) is 6.80. The fourth-order valence-electron chi connectivity index (χ4n) is 2.49. The molecule has 3 rings (SSSR count). The number of nitrogens with one attached hydrogen (secondary N) is 1. The maximum absolute atomic E-state index is 14.6. The molecule has 1 saturated heterocycles. The van der Waals surface area contributed by atoms with Crippen molar-refractivity contribution in [3.8, 4) is 11.8 Å². The zero-order valence-electron chi connectivity index (χ0n) is 11.6. The average molecular weight is 300 g/mol. The van der Waals surface area contributed by atoms with Crippen molar-refractivity contribution in [2.24, 2.45) is 5.73 Å². The number of amides is 2. The highest BCUT2D eigenvalue weighted by molar-refractivity contribution is 6.00. The Morgan fingerprint density at radius 1 is 1.45 bits per heavy atom. The molecule has 2 amide bonds. The molecule has 7 heteroatoms. The fourth-order valence-corrected chi connectivity index (χ4v) is 2.49. The van der Waals surface area contributed by atoms with Crippen LogP contribution in [-0.2, 0) is 9.59 Å². The van der Waals surface area contributed by atoms with Crippen LogP contribution in [-0.4, -0.2) is 28.1 Å². The van der Waals surface area contributed by atoms with Crippen LogP contribution >= 0.6 is 0 Å². The van der Waals surface area contributed by atoms with E-state index < -0.39 is 17.8 Å². The number of benzene rings is 1. The lowest BCUT2D eigenvalue weighted by molar-refractivity contribution is -0.135. The number of carbonyl (C=O) groups is 2. The van der Waals surface area contributed by atoms with Gasteiger partial charge >= 0.3 is 0 Å². The van der Waals surface area contributed by atoms with E-state index in [9.17, 15) is 14.0 Å². The van der Waals surface area contributed by atoms with Gasteiger partial charge in [-0.15, -0.1) is 0 Å². The van der Waals surface area contributed by atoms with Gasteiger partial charge in [-0.2, -0.15) is 5.10 Å². The molecular formula is C15H13FN4O2. The van der Waals surface area contributed by atoms with Gasteiger partial charge in [-0.05, 0) is 18.6 Å². The van der Waals surface area contributed by atoms with Crippen LogP contribution in [0, 0.1) is 17.7 Å². The summed E-state index contributed by atoms with van der Waals surface area (Å²) in [4.78, 5) is 23.2. The van der Waals surface area contributed by atoms with E-state index in [-0.39, 0.29) is 30.0 Å². The van der Waals surface area contributed by atoms with Gasteiger partial charge in [0, 0.05) is 11.8 Å². The number of piperidine rings is 1. The van der Waals surface area contributed by atoms with E-state index in [2.05, 4.69) is 22.3 Å². The van der Waals surface area contributed by atoms with Crippen LogP contribution in [0.2, 0.25) is 0 Å². The number of carbonyl (C=O) groups excluding carboxylic acids is 2. The van der Waals surface area contributed by atoms with E-state index in [1.165, 1.54) is 10.9 Å². The first kappa shape index (κ1) is 14.2. The molecule has 112 valence electrons. The summed E-state index contributed by atoms with van der Waals surface area (Å²) >= 11 is 0. The molecule has 0 bridgehead atoms. The Morgan fingerprint density at radius 3 is 3.00 bits per heavy atom. The number of imide groups is 1. The molecule has 6 nitrogen and oxygen atoms in total. The van der Waals surface area contributed by atoms with Crippen LogP contribution < -0.4 is 11.1 Å². The lowest BCUT2D eigenvalue weighted by Gasteiger charge is -2.21. The fraction of sp³-hybridized carbons (Fsp3) is 0.267. The normalized spacial score (nSPS) is 18.0. The molecule has 0 spiro atoms. The second-order valence-electron chi connectivity index (χ2n) is 4.93. The molecule has 0 saturated carbocycles. The summed E-state index contributed by atoms with van der Waals surface area (Å²) in [7, 11) is 0. The lowest BCUT2D eigenvalue weighted by Crippen LogP contribution is -2.42. The molecule has 3 N–H and O–H groups in total. The number of nitrogens with zero attached hydrogens (tertiary/aromatic N) is 2. The summed E-state index contributed by atoms with van der Waals surface area (Å²) in [6.45, 7) is 0.129. The number of hydrogen-bond donors (Lipinski definition) is 2. The van der Waals surface area contributed by atoms with Gasteiger partial charge in [0.1, 0.15) is 11.6 Å². The van der Waals surface area contributed by atoms with Crippen molar-refractivity contribution >= 4 is 22.7 Å². The van der Waals surface area contributed by atoms with Crippen LogP contribution in [0.1, 0.15) is 24.4 Å². The summed E-state index contributed by atoms with van der Waals surface area (Å²) < 4.78 is 16.0. The maximum Gasteiger partial charge on any atom is 0.251 e. The number of hydrogen-bond acceptors (Lipinski definition) is 4. The van der Waals surface area contributed by atoms with Gasteiger partial charge in [0.15, 0.2) is 5.82 Å². The molecule has 0 radical (unpaired) electrons. The van der Waals surface area contributed by atoms with Crippen molar-refractivity contribution in [1.82, 2.24) is 15.1 Å². The molecule has 1 aromatic carbocycles. The molecule has 22 heavy (non-hydrogen) atoms. The molecule has 0 aliphatic carbocycles. The summed E-state index contributed by atoms with van der Waals surface area (Å²) in [6.07, 6.45) is 1.98. The molecule has 1 aromatic heterocycles. The van der Waals surface area contributed by atoms with Crippen molar-refractivity contribution in [3.05, 3.63) is 29.7 Å². The third kappa shape index (κ3) is 2.34.